The summed E-state index contributed by atoms with van der Waals surface area (Å²) in [4.78, 5) is 26.0. The fraction of sp³-hybridized carbons (Fsp3) is 0.238. The smallest absolute Gasteiger partial charge is 0.271 e. The number of aryl methyl sites for hydroxylation is 3. The number of nitrogens with one attached hydrogen (secondary N) is 2. The van der Waals surface area contributed by atoms with Crippen molar-refractivity contribution in [1.82, 2.24) is 30.4 Å². The molecule has 0 saturated heterocycles. The maximum atomic E-state index is 13.1. The van der Waals surface area contributed by atoms with Gasteiger partial charge in [0.2, 0.25) is 0 Å². The number of thiophene rings is 1. The number of halogens is 1. The number of benzene rings is 1. The molecule has 0 aliphatic rings. The maximum Gasteiger partial charge on any atom is 0.279 e. The first-order valence-corrected chi connectivity index (χ1v) is 10.4. The molecule has 3 aromatic heterocycles. The maximum absolute atomic E-state index is 13.1. The van der Waals surface area contributed by atoms with E-state index in [-0.39, 0.29) is 18.3 Å². The van der Waals surface area contributed by atoms with Crippen molar-refractivity contribution in [3.63, 3.8) is 0 Å². The van der Waals surface area contributed by atoms with Crippen molar-refractivity contribution >= 4 is 33.4 Å². The van der Waals surface area contributed by atoms with Crippen LogP contribution in [0.25, 0.3) is 10.2 Å². The number of fused-ring (bicyclic) bond motifs is 1. The number of carbonyl (C=O) groups excluding carboxylic acids is 2. The highest BCUT2D eigenvalue weighted by Crippen LogP contribution is 2.28. The molecule has 0 aliphatic carbocycles. The van der Waals surface area contributed by atoms with Crippen LogP contribution in [-0.2, 0) is 17.9 Å². The van der Waals surface area contributed by atoms with E-state index in [0.717, 1.165) is 32.9 Å². The quantitative estimate of drug-likeness (QED) is 0.467. The van der Waals surface area contributed by atoms with Crippen LogP contribution >= 0.6 is 11.3 Å². The molecule has 1 aromatic carbocycles. The highest BCUT2D eigenvalue weighted by Gasteiger charge is 2.17. The van der Waals surface area contributed by atoms with Gasteiger partial charge in [-0.05, 0) is 50.6 Å². The Morgan fingerprint density at radius 2 is 1.77 bits per heavy atom. The van der Waals surface area contributed by atoms with Gasteiger partial charge < -0.3 is 0 Å². The zero-order valence-corrected chi connectivity index (χ0v) is 18.1. The third-order valence-corrected chi connectivity index (χ3v) is 5.94. The molecule has 0 saturated carbocycles. The summed E-state index contributed by atoms with van der Waals surface area (Å²) >= 11 is 1.28. The summed E-state index contributed by atoms with van der Waals surface area (Å²) in [5, 5.41) is 9.62. The molecule has 0 radical (unpaired) electrons. The van der Waals surface area contributed by atoms with E-state index in [1.165, 1.54) is 23.5 Å². The molecule has 10 heteroatoms. The molecule has 4 rings (SSSR count). The van der Waals surface area contributed by atoms with Gasteiger partial charge in [0.1, 0.15) is 17.2 Å². The van der Waals surface area contributed by atoms with Gasteiger partial charge in [0.05, 0.1) is 22.8 Å². The van der Waals surface area contributed by atoms with Gasteiger partial charge in [-0.3, -0.25) is 29.8 Å². The topological polar surface area (TPSA) is 93.8 Å². The van der Waals surface area contributed by atoms with Crippen LogP contribution in [0.3, 0.4) is 0 Å². The number of hydrazine groups is 1. The summed E-state index contributed by atoms with van der Waals surface area (Å²) in [7, 11) is 0. The van der Waals surface area contributed by atoms with Crippen molar-refractivity contribution in [3.05, 3.63) is 69.7 Å². The molecule has 31 heavy (non-hydrogen) atoms. The average Bonchev–Trinajstić information content (AvgIpc) is 3.38. The van der Waals surface area contributed by atoms with Gasteiger partial charge in [0.15, 0.2) is 0 Å². The molecule has 8 nitrogen and oxygen atoms in total. The van der Waals surface area contributed by atoms with E-state index in [2.05, 4.69) is 21.0 Å². The zero-order valence-electron chi connectivity index (χ0n) is 17.3. The summed E-state index contributed by atoms with van der Waals surface area (Å²) in [6, 6.07) is 9.86. The van der Waals surface area contributed by atoms with E-state index in [0.29, 0.717) is 11.4 Å². The Morgan fingerprint density at radius 3 is 2.45 bits per heavy atom. The number of rotatable bonds is 5. The Kier molecular flexibility index (Phi) is 5.55. The Bertz CT molecular complexity index is 1270. The first-order valence-electron chi connectivity index (χ1n) is 9.62. The van der Waals surface area contributed by atoms with E-state index >= 15 is 0 Å². The third kappa shape index (κ3) is 4.48. The molecule has 0 bridgehead atoms. The molecule has 0 spiro atoms. The van der Waals surface area contributed by atoms with E-state index in [1.807, 2.05) is 26.8 Å². The van der Waals surface area contributed by atoms with Gasteiger partial charge in [-0.25, -0.2) is 4.39 Å². The molecular formula is C21H21FN6O2S. The average molecular weight is 441 g/mol. The SMILES string of the molecule is Cc1cc(C)n(CC(=O)NNC(=O)c2cc3c(C)nn(Cc4ccc(F)cc4)c3s2)n1. The first-order chi connectivity index (χ1) is 14.8. The lowest BCUT2D eigenvalue weighted by atomic mass is 10.2. The summed E-state index contributed by atoms with van der Waals surface area (Å²) in [5.41, 5.74) is 8.26. The van der Waals surface area contributed by atoms with Gasteiger partial charge in [-0.1, -0.05) is 12.1 Å². The van der Waals surface area contributed by atoms with E-state index < -0.39 is 5.91 Å². The van der Waals surface area contributed by atoms with Gasteiger partial charge in [0.25, 0.3) is 11.8 Å². The highest BCUT2D eigenvalue weighted by atomic mass is 32.1. The molecule has 4 aromatic rings. The summed E-state index contributed by atoms with van der Waals surface area (Å²) in [6.45, 7) is 6.06. The second-order valence-electron chi connectivity index (χ2n) is 7.29. The summed E-state index contributed by atoms with van der Waals surface area (Å²) < 4.78 is 16.5. The minimum Gasteiger partial charge on any atom is -0.271 e. The molecule has 0 aliphatic heterocycles. The Labute approximate surface area is 181 Å². The lowest BCUT2D eigenvalue weighted by Crippen LogP contribution is -2.43. The Hall–Kier alpha value is -3.53. The third-order valence-electron chi connectivity index (χ3n) is 4.79. The van der Waals surface area contributed by atoms with Crippen LogP contribution in [0.4, 0.5) is 4.39 Å². The second kappa shape index (κ2) is 8.31. The van der Waals surface area contributed by atoms with Crippen molar-refractivity contribution in [1.29, 1.82) is 0 Å². The van der Waals surface area contributed by atoms with Gasteiger partial charge in [0, 0.05) is 11.1 Å². The van der Waals surface area contributed by atoms with E-state index in [4.69, 9.17) is 0 Å². The van der Waals surface area contributed by atoms with Crippen LogP contribution < -0.4 is 10.9 Å². The lowest BCUT2D eigenvalue weighted by Gasteiger charge is -2.07. The normalized spacial score (nSPS) is 11.1. The fourth-order valence-electron chi connectivity index (χ4n) is 3.29. The molecule has 0 unspecified atom stereocenters. The number of nitrogens with zero attached hydrogens (tertiary/aromatic N) is 4. The molecule has 0 atom stereocenters. The van der Waals surface area contributed by atoms with Crippen molar-refractivity contribution in [2.45, 2.75) is 33.9 Å². The Morgan fingerprint density at radius 1 is 1.03 bits per heavy atom. The number of aromatic nitrogens is 4. The fourth-order valence-corrected chi connectivity index (χ4v) is 4.35. The minimum absolute atomic E-state index is 0.0120. The van der Waals surface area contributed by atoms with E-state index in [1.54, 1.807) is 27.6 Å². The lowest BCUT2D eigenvalue weighted by molar-refractivity contribution is -0.122. The standard InChI is InChI=1S/C21H21FN6O2S/c1-12-8-13(2)27(25-12)11-19(29)23-24-20(30)18-9-17-14(3)26-28(21(17)31-18)10-15-4-6-16(22)7-5-15/h4-9H,10-11H2,1-3H3,(H,23,29)(H,24,30). The van der Waals surface area contributed by atoms with Gasteiger partial charge >= 0.3 is 0 Å². The molecule has 0 fully saturated rings. The molecule has 160 valence electrons. The predicted molar refractivity (Wildman–Crippen MR) is 115 cm³/mol. The minimum atomic E-state index is -0.407. The largest absolute Gasteiger partial charge is 0.279 e. The summed E-state index contributed by atoms with van der Waals surface area (Å²) in [6.07, 6.45) is 0. The van der Waals surface area contributed by atoms with Crippen molar-refractivity contribution in [2.24, 2.45) is 0 Å². The van der Waals surface area contributed by atoms with Crippen LogP contribution in [0.15, 0.2) is 36.4 Å². The van der Waals surface area contributed by atoms with Crippen LogP contribution in [-0.4, -0.2) is 31.4 Å². The number of hydrogen-bond acceptors (Lipinski definition) is 5. The van der Waals surface area contributed by atoms with Crippen molar-refractivity contribution < 1.29 is 14.0 Å². The van der Waals surface area contributed by atoms with Gasteiger partial charge in [-0.15, -0.1) is 11.3 Å². The Balaban J connectivity index is 1.44. The highest BCUT2D eigenvalue weighted by molar-refractivity contribution is 7.20. The molecule has 3 heterocycles. The van der Waals surface area contributed by atoms with E-state index in [9.17, 15) is 14.0 Å². The molecule has 2 amide bonds. The van der Waals surface area contributed by atoms with Gasteiger partial charge in [-0.2, -0.15) is 10.2 Å². The zero-order chi connectivity index (χ0) is 22.1. The molecular weight excluding hydrogens is 419 g/mol. The van der Waals surface area contributed by atoms with Crippen molar-refractivity contribution in [2.75, 3.05) is 0 Å². The number of carbonyl (C=O) groups is 2. The van der Waals surface area contributed by atoms with Crippen LogP contribution in [0.1, 0.15) is 32.3 Å². The van der Waals surface area contributed by atoms with Crippen LogP contribution in [0.5, 0.6) is 0 Å². The first kappa shape index (κ1) is 20.7. The van der Waals surface area contributed by atoms with Crippen LogP contribution in [0.2, 0.25) is 0 Å². The second-order valence-corrected chi connectivity index (χ2v) is 8.32. The monoisotopic (exact) mass is 440 g/mol. The molecule has 2 N–H and O–H groups in total. The van der Waals surface area contributed by atoms with Crippen molar-refractivity contribution in [3.8, 4) is 0 Å². The summed E-state index contributed by atoms with van der Waals surface area (Å²) in [5.74, 6) is -1.07. The van der Waals surface area contributed by atoms with Crippen LogP contribution in [0, 0.1) is 26.6 Å². The number of amides is 2. The number of hydrogen-bond donors (Lipinski definition) is 2. The predicted octanol–water partition coefficient (Wildman–Crippen LogP) is 2.87.